The van der Waals surface area contributed by atoms with Gasteiger partial charge in [-0.25, -0.2) is 9.18 Å². The molecule has 0 spiro atoms. The maximum Gasteiger partial charge on any atom is 0.337 e. The molecule has 3 nitrogen and oxygen atoms in total. The molecule has 0 fully saturated rings. The number of carboxylic acids is 1. The lowest BCUT2D eigenvalue weighted by Gasteiger charge is -2.18. The van der Waals surface area contributed by atoms with Gasteiger partial charge in [-0.05, 0) is 12.1 Å². The Morgan fingerprint density at radius 3 is 2.44 bits per heavy atom. The predicted octanol–water partition coefficient (Wildman–Crippen LogP) is 3.00. The number of carbonyl (C=O) groups is 1. The van der Waals surface area contributed by atoms with Crippen LogP contribution in [0.5, 0.6) is 0 Å². The third kappa shape index (κ3) is 3.13. The average molecular weight is 243 g/mol. The van der Waals surface area contributed by atoms with Crippen LogP contribution in [0, 0.1) is 5.82 Å². The van der Waals surface area contributed by atoms with Crippen molar-refractivity contribution >= 4 is 23.4 Å². The number of hydrogen-bond donors (Lipinski definition) is 2. The lowest BCUT2D eigenvalue weighted by Crippen LogP contribution is -2.09. The number of anilines is 1. The van der Waals surface area contributed by atoms with Gasteiger partial charge in [-0.2, -0.15) is 0 Å². The number of nitrogens with two attached hydrogens (primary N) is 1. The molecule has 0 heterocycles. The maximum atomic E-state index is 13.5. The summed E-state index contributed by atoms with van der Waals surface area (Å²) in [6, 6.07) is 2.33. The van der Waals surface area contributed by atoms with Crippen molar-refractivity contribution < 1.29 is 14.3 Å². The number of thioether (sulfide) groups is 1. The van der Waals surface area contributed by atoms with Gasteiger partial charge in [-0.15, -0.1) is 11.8 Å². The summed E-state index contributed by atoms with van der Waals surface area (Å²) in [6.45, 7) is 5.77. The SMILES string of the molecule is CC(C)(C)Sc1cc(C(=O)O)c(N)cc1F. The average Bonchev–Trinajstić information content (AvgIpc) is 2.07. The van der Waals surface area contributed by atoms with Gasteiger partial charge >= 0.3 is 5.97 Å². The summed E-state index contributed by atoms with van der Waals surface area (Å²) in [5, 5.41) is 8.87. The molecule has 0 aliphatic heterocycles. The van der Waals surface area contributed by atoms with Crippen molar-refractivity contribution in [3.63, 3.8) is 0 Å². The number of nitrogen functional groups attached to an aromatic ring is 1. The highest BCUT2D eigenvalue weighted by molar-refractivity contribution is 8.00. The fourth-order valence-electron chi connectivity index (χ4n) is 1.16. The second-order valence-electron chi connectivity index (χ2n) is 4.39. The lowest BCUT2D eigenvalue weighted by molar-refractivity contribution is 0.0697. The Kier molecular flexibility index (Phi) is 3.48. The van der Waals surface area contributed by atoms with E-state index in [4.69, 9.17) is 10.8 Å². The van der Waals surface area contributed by atoms with Gasteiger partial charge in [-0.3, -0.25) is 0 Å². The second kappa shape index (κ2) is 4.33. The minimum Gasteiger partial charge on any atom is -0.478 e. The Morgan fingerprint density at radius 1 is 1.44 bits per heavy atom. The second-order valence-corrected chi connectivity index (χ2v) is 6.26. The molecule has 5 heteroatoms. The van der Waals surface area contributed by atoms with Crippen molar-refractivity contribution in [1.29, 1.82) is 0 Å². The summed E-state index contributed by atoms with van der Waals surface area (Å²) in [7, 11) is 0. The number of rotatable bonds is 2. The molecule has 0 saturated heterocycles. The molecule has 1 rings (SSSR count). The molecule has 3 N–H and O–H groups in total. The number of carboxylic acid groups (broad SMARTS) is 1. The molecular weight excluding hydrogens is 229 g/mol. The highest BCUT2D eigenvalue weighted by Crippen LogP contribution is 2.35. The Hall–Kier alpha value is -1.23. The summed E-state index contributed by atoms with van der Waals surface area (Å²) in [5.74, 6) is -1.63. The third-order valence-corrected chi connectivity index (χ3v) is 2.90. The van der Waals surface area contributed by atoms with E-state index in [0.717, 1.165) is 6.07 Å². The third-order valence-electron chi connectivity index (χ3n) is 1.75. The summed E-state index contributed by atoms with van der Waals surface area (Å²) >= 11 is 1.27. The first-order chi connectivity index (χ1) is 7.20. The lowest BCUT2D eigenvalue weighted by atomic mass is 10.2. The first-order valence-corrected chi connectivity index (χ1v) is 5.53. The zero-order valence-electron chi connectivity index (χ0n) is 9.37. The minimum absolute atomic E-state index is 0.0525. The monoisotopic (exact) mass is 243 g/mol. The standard InChI is InChI=1S/C11H14FNO2S/c1-11(2,3)16-9-4-6(10(14)15)8(13)5-7(9)12/h4-5H,13H2,1-3H3,(H,14,15). The van der Waals surface area contributed by atoms with Crippen LogP contribution in [-0.2, 0) is 0 Å². The fraction of sp³-hybridized carbons (Fsp3) is 0.364. The van der Waals surface area contributed by atoms with Crippen molar-refractivity contribution in [2.24, 2.45) is 0 Å². The number of aromatic carboxylic acids is 1. The molecule has 88 valence electrons. The van der Waals surface area contributed by atoms with Crippen LogP contribution in [-0.4, -0.2) is 15.8 Å². The van der Waals surface area contributed by atoms with E-state index in [9.17, 15) is 9.18 Å². The van der Waals surface area contributed by atoms with Crippen molar-refractivity contribution in [3.8, 4) is 0 Å². The summed E-state index contributed by atoms with van der Waals surface area (Å²) in [5.41, 5.74) is 5.31. The zero-order chi connectivity index (χ0) is 12.5. The van der Waals surface area contributed by atoms with Crippen LogP contribution in [0.1, 0.15) is 31.1 Å². The van der Waals surface area contributed by atoms with Crippen molar-refractivity contribution in [2.75, 3.05) is 5.73 Å². The van der Waals surface area contributed by atoms with Gasteiger partial charge in [0.15, 0.2) is 0 Å². The van der Waals surface area contributed by atoms with Crippen LogP contribution in [0.4, 0.5) is 10.1 Å². The first-order valence-electron chi connectivity index (χ1n) is 4.72. The summed E-state index contributed by atoms with van der Waals surface area (Å²) in [4.78, 5) is 11.1. The van der Waals surface area contributed by atoms with Gasteiger partial charge in [0, 0.05) is 15.3 Å². The van der Waals surface area contributed by atoms with E-state index in [-0.39, 0.29) is 16.0 Å². The fourth-order valence-corrected chi connectivity index (χ4v) is 2.16. The summed E-state index contributed by atoms with van der Waals surface area (Å²) < 4.78 is 13.3. The Morgan fingerprint density at radius 2 is 2.00 bits per heavy atom. The van der Waals surface area contributed by atoms with Crippen LogP contribution in [0.15, 0.2) is 17.0 Å². The van der Waals surface area contributed by atoms with E-state index in [1.807, 2.05) is 20.8 Å². The van der Waals surface area contributed by atoms with Crippen LogP contribution in [0.25, 0.3) is 0 Å². The predicted molar refractivity (Wildman–Crippen MR) is 63.4 cm³/mol. The van der Waals surface area contributed by atoms with Gasteiger partial charge in [0.25, 0.3) is 0 Å². The molecule has 0 saturated carbocycles. The number of benzene rings is 1. The number of halogens is 1. The normalized spacial score (nSPS) is 11.5. The van der Waals surface area contributed by atoms with E-state index in [0.29, 0.717) is 4.90 Å². The van der Waals surface area contributed by atoms with E-state index in [1.165, 1.54) is 17.8 Å². The molecule has 1 aromatic rings. The molecule has 0 amide bonds. The van der Waals surface area contributed by atoms with Crippen molar-refractivity contribution in [1.82, 2.24) is 0 Å². The molecule has 0 aliphatic rings. The Labute approximate surface area is 97.8 Å². The molecule has 0 unspecified atom stereocenters. The van der Waals surface area contributed by atoms with Crippen LogP contribution >= 0.6 is 11.8 Å². The van der Waals surface area contributed by atoms with Crippen LogP contribution in [0.3, 0.4) is 0 Å². The largest absolute Gasteiger partial charge is 0.478 e. The Balaban J connectivity index is 3.20. The molecule has 0 aliphatic carbocycles. The molecule has 0 radical (unpaired) electrons. The molecule has 0 atom stereocenters. The van der Waals surface area contributed by atoms with E-state index < -0.39 is 11.8 Å². The topological polar surface area (TPSA) is 63.3 Å². The number of hydrogen-bond acceptors (Lipinski definition) is 3. The van der Waals surface area contributed by atoms with E-state index in [2.05, 4.69) is 0 Å². The van der Waals surface area contributed by atoms with E-state index >= 15 is 0 Å². The Bertz CT molecular complexity index is 427. The smallest absolute Gasteiger partial charge is 0.337 e. The maximum absolute atomic E-state index is 13.5. The highest BCUT2D eigenvalue weighted by Gasteiger charge is 2.18. The molecule has 1 aromatic carbocycles. The minimum atomic E-state index is -1.15. The van der Waals surface area contributed by atoms with Crippen molar-refractivity contribution in [3.05, 3.63) is 23.5 Å². The molecular formula is C11H14FNO2S. The molecule has 16 heavy (non-hydrogen) atoms. The quantitative estimate of drug-likeness (QED) is 0.619. The van der Waals surface area contributed by atoms with Gasteiger partial charge < -0.3 is 10.8 Å². The van der Waals surface area contributed by atoms with Gasteiger partial charge in [-0.1, -0.05) is 20.8 Å². The first kappa shape index (κ1) is 12.8. The molecule has 0 aromatic heterocycles. The summed E-state index contributed by atoms with van der Waals surface area (Å²) in [6.07, 6.45) is 0. The van der Waals surface area contributed by atoms with Gasteiger partial charge in [0.2, 0.25) is 0 Å². The van der Waals surface area contributed by atoms with Crippen LogP contribution in [0.2, 0.25) is 0 Å². The van der Waals surface area contributed by atoms with Crippen LogP contribution < -0.4 is 5.73 Å². The highest BCUT2D eigenvalue weighted by atomic mass is 32.2. The zero-order valence-corrected chi connectivity index (χ0v) is 10.2. The van der Waals surface area contributed by atoms with Gasteiger partial charge in [0.05, 0.1) is 5.56 Å². The van der Waals surface area contributed by atoms with Gasteiger partial charge in [0.1, 0.15) is 5.82 Å². The van der Waals surface area contributed by atoms with Crippen molar-refractivity contribution in [2.45, 2.75) is 30.4 Å². The molecule has 0 bridgehead atoms. The van der Waals surface area contributed by atoms with E-state index in [1.54, 1.807) is 0 Å².